The maximum Gasteiger partial charge on any atom is 0.198 e. The van der Waals surface area contributed by atoms with E-state index < -0.39 is 23.3 Å². The van der Waals surface area contributed by atoms with Gasteiger partial charge in [0, 0.05) is 5.56 Å². The molecule has 1 aromatic carbocycles. The number of benzene rings is 1. The average Bonchev–Trinajstić information content (AvgIpc) is 2.99. The summed E-state index contributed by atoms with van der Waals surface area (Å²) in [5.74, 6) is -6.49. The first-order valence-electron chi connectivity index (χ1n) is 5.72. The van der Waals surface area contributed by atoms with Crippen LogP contribution in [0.1, 0.15) is 16.0 Å². The van der Waals surface area contributed by atoms with E-state index in [1.807, 2.05) is 0 Å². The molecule has 1 heterocycles. The summed E-state index contributed by atoms with van der Waals surface area (Å²) in [7, 11) is 0. The van der Waals surface area contributed by atoms with Crippen LogP contribution in [0, 0.1) is 6.92 Å². The van der Waals surface area contributed by atoms with E-state index in [2.05, 4.69) is 0 Å². The Morgan fingerprint density at radius 2 is 1.45 bits per heavy atom. The molecule has 5 heteroatoms. The maximum atomic E-state index is 13.8. The first kappa shape index (κ1) is 14.5. The summed E-state index contributed by atoms with van der Waals surface area (Å²) in [6, 6.07) is 8.50. The van der Waals surface area contributed by atoms with E-state index in [9.17, 15) is 17.6 Å². The van der Waals surface area contributed by atoms with Gasteiger partial charge < -0.3 is 0 Å². The van der Waals surface area contributed by atoms with Crippen LogP contribution in [0.4, 0.5) is 17.6 Å². The van der Waals surface area contributed by atoms with Crippen molar-refractivity contribution < 1.29 is 17.6 Å². The third kappa shape index (κ3) is 2.99. The van der Waals surface area contributed by atoms with Gasteiger partial charge in [0.1, 0.15) is 0 Å². The predicted molar refractivity (Wildman–Crippen MR) is 73.8 cm³/mol. The fourth-order valence-corrected chi connectivity index (χ4v) is 2.18. The minimum Gasteiger partial charge on any atom is -0.203 e. The van der Waals surface area contributed by atoms with Crippen molar-refractivity contribution in [2.24, 2.45) is 0 Å². The predicted octanol–water partition coefficient (Wildman–Crippen LogP) is 5.97. The number of hydrogen-bond acceptors (Lipinski definition) is 1. The number of aryl methyl sites for hydroxylation is 1. The lowest BCUT2D eigenvalue weighted by Crippen LogP contribution is -1.87. The Labute approximate surface area is 117 Å². The summed E-state index contributed by atoms with van der Waals surface area (Å²) >= 11 is 0.902. The number of allylic oxidation sites excluding steroid dienone is 2. The number of rotatable bonds is 3. The monoisotopic (exact) mass is 298 g/mol. The van der Waals surface area contributed by atoms with Gasteiger partial charge in [-0.25, -0.2) is 17.6 Å². The van der Waals surface area contributed by atoms with Crippen LogP contribution >= 0.6 is 11.3 Å². The van der Waals surface area contributed by atoms with Gasteiger partial charge in [-0.05, 0) is 18.4 Å². The molecule has 0 radical (unpaired) electrons. The maximum absolute atomic E-state index is 13.8. The Morgan fingerprint density at radius 1 is 0.850 bits per heavy atom. The molecule has 0 aliphatic heterocycles. The first-order chi connectivity index (χ1) is 9.50. The Morgan fingerprint density at radius 3 is 2.00 bits per heavy atom. The van der Waals surface area contributed by atoms with Gasteiger partial charge in [0.25, 0.3) is 0 Å². The van der Waals surface area contributed by atoms with Gasteiger partial charge in [-0.2, -0.15) is 0 Å². The van der Waals surface area contributed by atoms with Crippen molar-refractivity contribution in [3.8, 4) is 0 Å². The zero-order valence-corrected chi connectivity index (χ0v) is 11.3. The number of halogens is 4. The first-order valence-corrected chi connectivity index (χ1v) is 6.60. The van der Waals surface area contributed by atoms with Crippen molar-refractivity contribution in [3.63, 3.8) is 0 Å². The van der Waals surface area contributed by atoms with Gasteiger partial charge in [-0.1, -0.05) is 35.9 Å². The zero-order chi connectivity index (χ0) is 14.7. The summed E-state index contributed by atoms with van der Waals surface area (Å²) < 4.78 is 54.7. The van der Waals surface area contributed by atoms with Gasteiger partial charge in [0.15, 0.2) is 23.3 Å². The van der Waals surface area contributed by atoms with E-state index in [0.29, 0.717) is 0 Å². The van der Waals surface area contributed by atoms with E-state index in [1.165, 1.54) is 29.6 Å². The SMILES string of the molecule is Cc1ccc(/C(F)=C(F)/C(F)=C(\F)c2cccs2)cc1. The van der Waals surface area contributed by atoms with Crippen molar-refractivity contribution in [1.29, 1.82) is 0 Å². The van der Waals surface area contributed by atoms with Crippen LogP contribution in [-0.2, 0) is 0 Å². The van der Waals surface area contributed by atoms with Crippen LogP contribution in [0.2, 0.25) is 0 Å². The second kappa shape index (κ2) is 6.05. The molecular weight excluding hydrogens is 288 g/mol. The minimum atomic E-state index is -1.83. The molecule has 2 aromatic rings. The molecule has 1 aromatic heterocycles. The molecule has 0 fully saturated rings. The Kier molecular flexibility index (Phi) is 4.39. The quantitative estimate of drug-likeness (QED) is 0.483. The molecule has 0 N–H and O–H groups in total. The molecule has 0 aliphatic rings. The fraction of sp³-hybridized carbons (Fsp3) is 0.0667. The summed E-state index contributed by atoms with van der Waals surface area (Å²) in [5, 5.41) is 1.51. The van der Waals surface area contributed by atoms with Gasteiger partial charge in [-0.15, -0.1) is 11.3 Å². The van der Waals surface area contributed by atoms with E-state index in [4.69, 9.17) is 0 Å². The molecule has 0 spiro atoms. The number of thiophene rings is 1. The lowest BCUT2D eigenvalue weighted by molar-refractivity contribution is 0.520. The molecule has 20 heavy (non-hydrogen) atoms. The van der Waals surface area contributed by atoms with E-state index in [0.717, 1.165) is 16.9 Å². The van der Waals surface area contributed by atoms with Crippen LogP contribution < -0.4 is 0 Å². The van der Waals surface area contributed by atoms with Crippen LogP contribution in [-0.4, -0.2) is 0 Å². The van der Waals surface area contributed by atoms with Crippen molar-refractivity contribution in [2.45, 2.75) is 6.92 Å². The summed E-state index contributed by atoms with van der Waals surface area (Å²) in [6.45, 7) is 1.78. The van der Waals surface area contributed by atoms with E-state index >= 15 is 0 Å². The minimum absolute atomic E-state index is 0.0886. The summed E-state index contributed by atoms with van der Waals surface area (Å²) in [5.41, 5.74) is 0.713. The molecular formula is C15H10F4S. The van der Waals surface area contributed by atoms with Crippen molar-refractivity contribution in [1.82, 2.24) is 0 Å². The topological polar surface area (TPSA) is 0 Å². The second-order valence-electron chi connectivity index (χ2n) is 4.10. The van der Waals surface area contributed by atoms with Crippen LogP contribution in [0.15, 0.2) is 53.4 Å². The van der Waals surface area contributed by atoms with E-state index in [-0.39, 0.29) is 10.4 Å². The van der Waals surface area contributed by atoms with Crippen molar-refractivity contribution in [2.75, 3.05) is 0 Å². The smallest absolute Gasteiger partial charge is 0.198 e. The lowest BCUT2D eigenvalue weighted by Gasteiger charge is -2.02. The molecule has 104 valence electrons. The van der Waals surface area contributed by atoms with Gasteiger partial charge in [0.2, 0.25) is 0 Å². The molecule has 0 unspecified atom stereocenters. The molecule has 0 saturated heterocycles. The van der Waals surface area contributed by atoms with Gasteiger partial charge in [-0.3, -0.25) is 0 Å². The van der Waals surface area contributed by atoms with Crippen molar-refractivity contribution >= 4 is 23.0 Å². The molecule has 0 aliphatic carbocycles. The highest BCUT2D eigenvalue weighted by Crippen LogP contribution is 2.34. The average molecular weight is 298 g/mol. The Hall–Kier alpha value is -1.88. The molecule has 0 saturated carbocycles. The highest BCUT2D eigenvalue weighted by atomic mass is 32.1. The third-order valence-electron chi connectivity index (χ3n) is 2.62. The lowest BCUT2D eigenvalue weighted by atomic mass is 10.1. The van der Waals surface area contributed by atoms with Gasteiger partial charge >= 0.3 is 0 Å². The molecule has 0 amide bonds. The van der Waals surface area contributed by atoms with Gasteiger partial charge in [0.05, 0.1) is 4.88 Å². The molecule has 0 atom stereocenters. The Balaban J connectivity index is 2.42. The van der Waals surface area contributed by atoms with Crippen LogP contribution in [0.3, 0.4) is 0 Å². The summed E-state index contributed by atoms with van der Waals surface area (Å²) in [6.07, 6.45) is 0. The zero-order valence-electron chi connectivity index (χ0n) is 10.5. The second-order valence-corrected chi connectivity index (χ2v) is 5.05. The Bertz CT molecular complexity index is 652. The van der Waals surface area contributed by atoms with E-state index in [1.54, 1.807) is 19.1 Å². The number of hydrogen-bond donors (Lipinski definition) is 0. The van der Waals surface area contributed by atoms with Crippen LogP contribution in [0.5, 0.6) is 0 Å². The van der Waals surface area contributed by atoms with Crippen molar-refractivity contribution in [3.05, 3.63) is 69.4 Å². The normalized spacial score (nSPS) is 13.8. The largest absolute Gasteiger partial charge is 0.203 e. The van der Waals surface area contributed by atoms with Crippen LogP contribution in [0.25, 0.3) is 11.7 Å². The summed E-state index contributed by atoms with van der Waals surface area (Å²) in [4.78, 5) is -0.0886. The highest BCUT2D eigenvalue weighted by molar-refractivity contribution is 7.11. The third-order valence-corrected chi connectivity index (χ3v) is 3.48. The molecule has 0 nitrogen and oxygen atoms in total. The standard InChI is InChI=1S/C15H10F4S/c1-9-4-6-10(7-5-9)12(16)14(18)15(19)13(17)11-3-2-8-20-11/h2-8H,1H3/b14-12+,15-13+. The highest BCUT2D eigenvalue weighted by Gasteiger charge is 2.20. The fourth-order valence-electron chi connectivity index (χ4n) is 1.53. The molecule has 0 bridgehead atoms. The molecule has 2 rings (SSSR count).